The van der Waals surface area contributed by atoms with Crippen LogP contribution in [0.3, 0.4) is 0 Å². The molecule has 0 aliphatic rings. The third kappa shape index (κ3) is 5.85. The third-order valence-corrected chi connectivity index (χ3v) is 6.95. The molecule has 0 fully saturated rings. The van der Waals surface area contributed by atoms with E-state index in [4.69, 9.17) is 15.0 Å². The van der Waals surface area contributed by atoms with E-state index in [1.807, 2.05) is 54.6 Å². The van der Waals surface area contributed by atoms with E-state index in [9.17, 15) is 5.11 Å². The highest BCUT2D eigenvalue weighted by Crippen LogP contribution is 2.38. The summed E-state index contributed by atoms with van der Waals surface area (Å²) in [6.07, 6.45) is 1.51. The number of hydrogen-bond donors (Lipinski definition) is 2. The van der Waals surface area contributed by atoms with Crippen molar-refractivity contribution in [2.75, 3.05) is 5.32 Å². The molecule has 0 spiro atoms. The van der Waals surface area contributed by atoms with E-state index in [0.29, 0.717) is 35.3 Å². The summed E-state index contributed by atoms with van der Waals surface area (Å²) in [6, 6.07) is 26.4. The highest BCUT2D eigenvalue weighted by Gasteiger charge is 2.13. The number of nitrogens with zero attached hydrogens (tertiary/aromatic N) is 4. The van der Waals surface area contributed by atoms with Crippen molar-refractivity contribution in [3.8, 4) is 17.6 Å². The van der Waals surface area contributed by atoms with E-state index in [0.717, 1.165) is 32.1 Å². The first-order chi connectivity index (χ1) is 18.5. The van der Waals surface area contributed by atoms with Gasteiger partial charge in [-0.2, -0.15) is 5.26 Å². The lowest BCUT2D eigenvalue weighted by Gasteiger charge is -2.15. The van der Waals surface area contributed by atoms with Crippen molar-refractivity contribution < 1.29 is 9.84 Å². The summed E-state index contributed by atoms with van der Waals surface area (Å²) in [5, 5.41) is 23.0. The van der Waals surface area contributed by atoms with Gasteiger partial charge in [-0.25, -0.2) is 15.0 Å². The Balaban J connectivity index is 1.46. The van der Waals surface area contributed by atoms with Crippen molar-refractivity contribution in [3.05, 3.63) is 102 Å². The van der Waals surface area contributed by atoms with Gasteiger partial charge < -0.3 is 15.2 Å². The number of rotatable bonds is 8. The summed E-state index contributed by atoms with van der Waals surface area (Å²) < 4.78 is 6.08. The van der Waals surface area contributed by atoms with Gasteiger partial charge in [0, 0.05) is 21.6 Å². The molecule has 2 N–H and O–H groups in total. The summed E-state index contributed by atoms with van der Waals surface area (Å²) in [6.45, 7) is 4.57. The van der Waals surface area contributed by atoms with E-state index in [1.165, 1.54) is 6.33 Å². The number of ether oxygens (including phenoxy) is 1. The smallest absolute Gasteiger partial charge is 0.164 e. The Morgan fingerprint density at radius 1 is 0.974 bits per heavy atom. The Morgan fingerprint density at radius 3 is 2.50 bits per heavy atom. The minimum absolute atomic E-state index is 0.222. The number of nitriles is 1. The first kappa shape index (κ1) is 25.1. The van der Waals surface area contributed by atoms with Crippen LogP contribution in [0.4, 0.5) is 11.5 Å². The number of aromatic nitrogens is 3. The van der Waals surface area contributed by atoms with Crippen molar-refractivity contribution in [2.24, 2.45) is 0 Å². The van der Waals surface area contributed by atoms with Crippen LogP contribution < -0.4 is 10.1 Å². The van der Waals surface area contributed by atoms with Crippen molar-refractivity contribution in [1.82, 2.24) is 15.0 Å². The topological polar surface area (TPSA) is 104 Å². The molecule has 0 atom stereocenters. The van der Waals surface area contributed by atoms with E-state index in [2.05, 4.69) is 35.2 Å². The fourth-order valence-electron chi connectivity index (χ4n) is 3.77. The maximum Gasteiger partial charge on any atom is 0.164 e. The first-order valence-corrected chi connectivity index (χ1v) is 12.9. The summed E-state index contributed by atoms with van der Waals surface area (Å²) in [5.74, 6) is 1.85. The molecule has 0 bridgehead atoms. The van der Waals surface area contributed by atoms with Crippen molar-refractivity contribution in [3.63, 3.8) is 0 Å². The van der Waals surface area contributed by atoms with Crippen LogP contribution >= 0.6 is 11.8 Å². The largest absolute Gasteiger partial charge is 0.508 e. The fourth-order valence-corrected chi connectivity index (χ4v) is 4.66. The number of hydrogen-bond acceptors (Lipinski definition) is 8. The fraction of sp³-hybridized carbons (Fsp3) is 0.133. The second-order valence-electron chi connectivity index (χ2n) is 8.96. The first-order valence-electron chi connectivity index (χ1n) is 12.1. The molecule has 7 nitrogen and oxygen atoms in total. The highest BCUT2D eigenvalue weighted by molar-refractivity contribution is 7.99. The zero-order valence-corrected chi connectivity index (χ0v) is 21.7. The summed E-state index contributed by atoms with van der Waals surface area (Å²) in [7, 11) is 0. The zero-order chi connectivity index (χ0) is 26.5. The molecule has 8 heteroatoms. The number of fused-ring (bicyclic) bond motifs is 1. The maximum atomic E-state index is 9.67. The Morgan fingerprint density at radius 2 is 1.76 bits per heavy atom. The highest BCUT2D eigenvalue weighted by atomic mass is 32.2. The van der Waals surface area contributed by atoms with Crippen LogP contribution in [-0.4, -0.2) is 20.1 Å². The Labute approximate surface area is 225 Å². The lowest BCUT2D eigenvalue weighted by molar-refractivity contribution is 0.306. The molecule has 5 rings (SSSR count). The number of pyridine rings is 1. The summed E-state index contributed by atoms with van der Waals surface area (Å²) >= 11 is 1.56. The molecule has 0 aliphatic heterocycles. The number of nitrogens with one attached hydrogen (secondary N) is 1. The Kier molecular flexibility index (Phi) is 7.38. The van der Waals surface area contributed by atoms with Gasteiger partial charge in [0.25, 0.3) is 0 Å². The molecule has 5 aromatic rings. The van der Waals surface area contributed by atoms with Gasteiger partial charge in [0.15, 0.2) is 5.65 Å². The molecule has 3 aromatic carbocycles. The van der Waals surface area contributed by atoms with Gasteiger partial charge >= 0.3 is 0 Å². The maximum absolute atomic E-state index is 9.67. The van der Waals surface area contributed by atoms with Crippen molar-refractivity contribution >= 4 is 34.3 Å². The van der Waals surface area contributed by atoms with E-state index < -0.39 is 0 Å². The van der Waals surface area contributed by atoms with Crippen LogP contribution in [0.5, 0.6) is 11.5 Å². The standard InChI is InChI=1S/C30H25N5O2S/c1-19(2)26-13-12-25-29(34-26)32-18-33-30(25)35-27-15-23(37-17-21-5-3-20(16-31)4-6-21)9-14-28(27)38-24-10-7-22(36)8-11-24/h3-15,18-19,36H,17H2,1-2H3,(H,32,33,34,35). The summed E-state index contributed by atoms with van der Waals surface area (Å²) in [4.78, 5) is 15.5. The molecule has 0 radical (unpaired) electrons. The predicted molar refractivity (Wildman–Crippen MR) is 149 cm³/mol. The van der Waals surface area contributed by atoms with Crippen LogP contribution in [0.15, 0.2) is 95.0 Å². The SMILES string of the molecule is CC(C)c1ccc2c(Nc3cc(OCc4ccc(C#N)cc4)ccc3Sc3ccc(O)cc3)ncnc2n1. The zero-order valence-electron chi connectivity index (χ0n) is 20.9. The molecule has 0 aliphatic carbocycles. The van der Waals surface area contributed by atoms with E-state index in [-0.39, 0.29) is 5.75 Å². The molecule has 0 amide bonds. The van der Waals surface area contributed by atoms with Gasteiger partial charge in [-0.15, -0.1) is 0 Å². The van der Waals surface area contributed by atoms with Crippen LogP contribution in [0.25, 0.3) is 11.0 Å². The van der Waals surface area contributed by atoms with Crippen LogP contribution in [-0.2, 0) is 6.61 Å². The Hall–Kier alpha value is -4.61. The molecular weight excluding hydrogens is 494 g/mol. The number of benzene rings is 3. The second kappa shape index (κ2) is 11.2. The molecule has 0 saturated carbocycles. The van der Waals surface area contributed by atoms with Crippen molar-refractivity contribution in [2.45, 2.75) is 36.2 Å². The van der Waals surface area contributed by atoms with Gasteiger partial charge in [0.05, 0.1) is 22.7 Å². The Bertz CT molecular complexity index is 1610. The van der Waals surface area contributed by atoms with E-state index in [1.54, 1.807) is 36.0 Å². The minimum atomic E-state index is 0.222. The number of phenols is 1. The monoisotopic (exact) mass is 519 g/mol. The summed E-state index contributed by atoms with van der Waals surface area (Å²) in [5.41, 5.74) is 4.00. The molecule has 2 aromatic heterocycles. The molecule has 0 unspecified atom stereocenters. The van der Waals surface area contributed by atoms with Gasteiger partial charge in [0.1, 0.15) is 30.3 Å². The molecule has 188 valence electrons. The minimum Gasteiger partial charge on any atom is -0.508 e. The van der Waals surface area contributed by atoms with Gasteiger partial charge in [-0.05, 0) is 72.1 Å². The molecular formula is C30H25N5O2S. The van der Waals surface area contributed by atoms with Gasteiger partial charge in [-0.3, -0.25) is 0 Å². The van der Waals surface area contributed by atoms with Gasteiger partial charge in [-0.1, -0.05) is 37.7 Å². The molecule has 2 heterocycles. The lowest BCUT2D eigenvalue weighted by Crippen LogP contribution is -2.01. The average molecular weight is 520 g/mol. The number of aromatic hydroxyl groups is 1. The predicted octanol–water partition coefficient (Wildman–Crippen LogP) is 7.20. The van der Waals surface area contributed by atoms with Crippen LogP contribution in [0, 0.1) is 11.3 Å². The second-order valence-corrected chi connectivity index (χ2v) is 10.1. The van der Waals surface area contributed by atoms with Crippen LogP contribution in [0.1, 0.15) is 36.6 Å². The quantitative estimate of drug-likeness (QED) is 0.222. The molecule has 0 saturated heterocycles. The van der Waals surface area contributed by atoms with Crippen molar-refractivity contribution in [1.29, 1.82) is 5.26 Å². The number of anilines is 2. The average Bonchev–Trinajstić information content (AvgIpc) is 2.94. The van der Waals surface area contributed by atoms with Gasteiger partial charge in [0.2, 0.25) is 0 Å². The number of phenolic OH excluding ortho intramolecular Hbond substituents is 1. The third-order valence-electron chi connectivity index (χ3n) is 5.87. The molecule has 38 heavy (non-hydrogen) atoms. The van der Waals surface area contributed by atoms with Crippen LogP contribution in [0.2, 0.25) is 0 Å². The van der Waals surface area contributed by atoms with E-state index >= 15 is 0 Å². The normalized spacial score (nSPS) is 10.9. The lowest BCUT2D eigenvalue weighted by atomic mass is 10.1.